The fourth-order valence-electron chi connectivity index (χ4n) is 2.56. The Kier molecular flexibility index (Phi) is 4.37. The standard InChI is InChI=1S/C15H18FNO3/c1-9-2-7-13(12(16)8-9)17-14(18)10-3-5-11(6-4-10)15(19)20/h2,7-8,10-11H,3-6H2,1H3,(H,17,18)(H,19,20). The van der Waals surface area contributed by atoms with Crippen molar-refractivity contribution in [3.05, 3.63) is 29.6 Å². The van der Waals surface area contributed by atoms with Gasteiger partial charge in [-0.2, -0.15) is 0 Å². The Hall–Kier alpha value is -1.91. The minimum atomic E-state index is -0.798. The molecule has 1 aromatic rings. The van der Waals surface area contributed by atoms with Crippen molar-refractivity contribution in [2.45, 2.75) is 32.6 Å². The van der Waals surface area contributed by atoms with Crippen molar-refractivity contribution in [3.63, 3.8) is 0 Å². The van der Waals surface area contributed by atoms with E-state index in [-0.39, 0.29) is 23.4 Å². The van der Waals surface area contributed by atoms with E-state index in [1.165, 1.54) is 6.07 Å². The van der Waals surface area contributed by atoms with Crippen molar-refractivity contribution >= 4 is 17.6 Å². The Labute approximate surface area is 117 Å². The van der Waals surface area contributed by atoms with Gasteiger partial charge in [0.2, 0.25) is 5.91 Å². The van der Waals surface area contributed by atoms with Gasteiger partial charge >= 0.3 is 5.97 Å². The molecule has 0 heterocycles. The van der Waals surface area contributed by atoms with Crippen LogP contribution in [0.4, 0.5) is 10.1 Å². The third-order valence-corrected chi connectivity index (χ3v) is 3.83. The molecule has 0 bridgehead atoms. The molecule has 0 spiro atoms. The van der Waals surface area contributed by atoms with E-state index in [2.05, 4.69) is 5.32 Å². The van der Waals surface area contributed by atoms with Crippen LogP contribution in [0.3, 0.4) is 0 Å². The Balaban J connectivity index is 1.94. The van der Waals surface area contributed by atoms with Crippen LogP contribution in [-0.2, 0) is 9.59 Å². The summed E-state index contributed by atoms with van der Waals surface area (Å²) in [5.41, 5.74) is 0.975. The summed E-state index contributed by atoms with van der Waals surface area (Å²) in [5.74, 6) is -2.05. The van der Waals surface area contributed by atoms with Crippen LogP contribution >= 0.6 is 0 Å². The maximum atomic E-state index is 13.7. The third-order valence-electron chi connectivity index (χ3n) is 3.83. The number of hydrogen-bond acceptors (Lipinski definition) is 2. The Morgan fingerprint density at radius 2 is 1.80 bits per heavy atom. The van der Waals surface area contributed by atoms with E-state index in [0.29, 0.717) is 25.7 Å². The number of halogens is 1. The Bertz CT molecular complexity index is 522. The predicted octanol–water partition coefficient (Wildman–Crippen LogP) is 2.96. The van der Waals surface area contributed by atoms with Crippen LogP contribution in [0, 0.1) is 24.6 Å². The maximum Gasteiger partial charge on any atom is 0.306 e. The third kappa shape index (κ3) is 3.35. The van der Waals surface area contributed by atoms with Crippen LogP contribution in [-0.4, -0.2) is 17.0 Å². The van der Waals surface area contributed by atoms with Gasteiger partial charge in [-0.25, -0.2) is 4.39 Å². The lowest BCUT2D eigenvalue weighted by Crippen LogP contribution is -2.29. The minimum absolute atomic E-state index is 0.181. The first kappa shape index (κ1) is 14.5. The SMILES string of the molecule is Cc1ccc(NC(=O)C2CCC(C(=O)O)CC2)c(F)c1. The average Bonchev–Trinajstić information content (AvgIpc) is 2.42. The molecule has 0 unspecified atom stereocenters. The van der Waals surface area contributed by atoms with E-state index in [1.807, 2.05) is 0 Å². The maximum absolute atomic E-state index is 13.7. The molecule has 5 heteroatoms. The first-order valence-corrected chi connectivity index (χ1v) is 6.77. The van der Waals surface area contributed by atoms with E-state index in [4.69, 9.17) is 5.11 Å². The van der Waals surface area contributed by atoms with Crippen LogP contribution in [0.15, 0.2) is 18.2 Å². The molecule has 0 radical (unpaired) electrons. The number of carbonyl (C=O) groups is 2. The van der Waals surface area contributed by atoms with Crippen LogP contribution < -0.4 is 5.32 Å². The summed E-state index contributed by atoms with van der Waals surface area (Å²) < 4.78 is 13.7. The number of amides is 1. The first-order valence-electron chi connectivity index (χ1n) is 6.77. The Morgan fingerprint density at radius 1 is 1.20 bits per heavy atom. The van der Waals surface area contributed by atoms with Gasteiger partial charge in [0.15, 0.2) is 0 Å². The van der Waals surface area contributed by atoms with Crippen molar-refractivity contribution in [1.82, 2.24) is 0 Å². The first-order chi connectivity index (χ1) is 9.47. The monoisotopic (exact) mass is 279 g/mol. The van der Waals surface area contributed by atoms with Crippen LogP contribution in [0.5, 0.6) is 0 Å². The zero-order valence-corrected chi connectivity index (χ0v) is 11.4. The highest BCUT2D eigenvalue weighted by molar-refractivity contribution is 5.92. The van der Waals surface area contributed by atoms with Crippen molar-refractivity contribution < 1.29 is 19.1 Å². The molecule has 108 valence electrons. The van der Waals surface area contributed by atoms with Gasteiger partial charge < -0.3 is 10.4 Å². The largest absolute Gasteiger partial charge is 0.481 e. The van der Waals surface area contributed by atoms with E-state index < -0.39 is 11.8 Å². The molecule has 2 N–H and O–H groups in total. The molecule has 0 atom stereocenters. The van der Waals surface area contributed by atoms with Crippen molar-refractivity contribution in [2.75, 3.05) is 5.32 Å². The number of aliphatic carboxylic acids is 1. The van der Waals surface area contributed by atoms with Gasteiger partial charge in [0.05, 0.1) is 11.6 Å². The minimum Gasteiger partial charge on any atom is -0.481 e. The predicted molar refractivity (Wildman–Crippen MR) is 72.9 cm³/mol. The number of rotatable bonds is 3. The van der Waals surface area contributed by atoms with E-state index >= 15 is 0 Å². The molecule has 1 saturated carbocycles. The van der Waals surface area contributed by atoms with Gasteiger partial charge in [0.25, 0.3) is 0 Å². The zero-order chi connectivity index (χ0) is 14.7. The molecule has 1 aliphatic carbocycles. The second-order valence-electron chi connectivity index (χ2n) is 5.36. The topological polar surface area (TPSA) is 66.4 Å². The molecule has 0 aliphatic heterocycles. The Morgan fingerprint density at radius 3 is 2.35 bits per heavy atom. The van der Waals surface area contributed by atoms with Gasteiger partial charge in [-0.3, -0.25) is 9.59 Å². The smallest absolute Gasteiger partial charge is 0.306 e. The summed E-state index contributed by atoms with van der Waals surface area (Å²) in [6.07, 6.45) is 2.08. The summed E-state index contributed by atoms with van der Waals surface area (Å²) in [6, 6.07) is 4.66. The fourth-order valence-corrected chi connectivity index (χ4v) is 2.56. The van der Waals surface area contributed by atoms with Crippen molar-refractivity contribution in [1.29, 1.82) is 0 Å². The quantitative estimate of drug-likeness (QED) is 0.894. The number of anilines is 1. The molecule has 2 rings (SSSR count). The number of aryl methyl sites for hydroxylation is 1. The molecule has 1 amide bonds. The molecule has 20 heavy (non-hydrogen) atoms. The molecule has 4 nitrogen and oxygen atoms in total. The molecule has 1 aliphatic rings. The summed E-state index contributed by atoms with van der Waals surface area (Å²) in [5, 5.41) is 11.5. The van der Waals surface area contributed by atoms with Crippen LogP contribution in [0.1, 0.15) is 31.2 Å². The summed E-state index contributed by atoms with van der Waals surface area (Å²) in [4.78, 5) is 22.9. The lowest BCUT2D eigenvalue weighted by atomic mass is 9.81. The summed E-state index contributed by atoms with van der Waals surface area (Å²) in [6.45, 7) is 1.78. The van der Waals surface area contributed by atoms with Crippen molar-refractivity contribution in [2.24, 2.45) is 11.8 Å². The molecular weight excluding hydrogens is 261 g/mol. The van der Waals surface area contributed by atoms with Gasteiger partial charge in [-0.1, -0.05) is 6.07 Å². The van der Waals surface area contributed by atoms with E-state index in [1.54, 1.807) is 19.1 Å². The zero-order valence-electron chi connectivity index (χ0n) is 11.4. The number of carbonyl (C=O) groups excluding carboxylic acids is 1. The molecule has 1 fully saturated rings. The summed E-state index contributed by atoms with van der Waals surface area (Å²) >= 11 is 0. The average molecular weight is 279 g/mol. The fraction of sp³-hybridized carbons (Fsp3) is 0.467. The molecular formula is C15H18FNO3. The van der Waals surface area contributed by atoms with Crippen molar-refractivity contribution in [3.8, 4) is 0 Å². The second kappa shape index (κ2) is 6.03. The van der Waals surface area contributed by atoms with E-state index in [0.717, 1.165) is 5.56 Å². The van der Waals surface area contributed by atoms with E-state index in [9.17, 15) is 14.0 Å². The molecule has 0 aromatic heterocycles. The van der Waals surface area contributed by atoms with Gasteiger partial charge in [0, 0.05) is 5.92 Å². The van der Waals surface area contributed by atoms with Gasteiger partial charge in [0.1, 0.15) is 5.82 Å². The lowest BCUT2D eigenvalue weighted by Gasteiger charge is -2.25. The normalized spacial score (nSPS) is 22.3. The number of carboxylic acid groups (broad SMARTS) is 1. The molecule has 0 saturated heterocycles. The molecule has 1 aromatic carbocycles. The van der Waals surface area contributed by atoms with Gasteiger partial charge in [-0.05, 0) is 50.3 Å². The summed E-state index contributed by atoms with van der Waals surface area (Å²) in [7, 11) is 0. The number of carboxylic acids is 1. The van der Waals surface area contributed by atoms with Crippen LogP contribution in [0.25, 0.3) is 0 Å². The second-order valence-corrected chi connectivity index (χ2v) is 5.36. The highest BCUT2D eigenvalue weighted by Crippen LogP contribution is 2.30. The van der Waals surface area contributed by atoms with Crippen LogP contribution in [0.2, 0.25) is 0 Å². The highest BCUT2D eigenvalue weighted by atomic mass is 19.1. The lowest BCUT2D eigenvalue weighted by molar-refractivity contribution is -0.143. The number of nitrogens with one attached hydrogen (secondary N) is 1. The number of benzene rings is 1. The highest BCUT2D eigenvalue weighted by Gasteiger charge is 2.29. The van der Waals surface area contributed by atoms with Gasteiger partial charge in [-0.15, -0.1) is 0 Å². The number of hydrogen-bond donors (Lipinski definition) is 2.